The highest BCUT2D eigenvalue weighted by atomic mass is 16.5. The number of nitrogens with zero attached hydrogens (tertiary/aromatic N) is 3. The van der Waals surface area contributed by atoms with Gasteiger partial charge >= 0.3 is 0 Å². The lowest BCUT2D eigenvalue weighted by molar-refractivity contribution is 0.263. The van der Waals surface area contributed by atoms with Crippen LogP contribution in [0, 0.1) is 5.92 Å². The molecule has 1 atom stereocenters. The van der Waals surface area contributed by atoms with E-state index in [1.54, 1.807) is 0 Å². The van der Waals surface area contributed by atoms with Crippen molar-refractivity contribution in [1.29, 1.82) is 0 Å². The zero-order chi connectivity index (χ0) is 12.3. The molecule has 0 aliphatic carbocycles. The molecular weight excluding hydrogens is 218 g/mol. The maximum Gasteiger partial charge on any atom is 0.228 e. The molecule has 0 spiro atoms. The second-order valence-corrected chi connectivity index (χ2v) is 5.03. The summed E-state index contributed by atoms with van der Waals surface area (Å²) in [4.78, 5) is 6.76. The number of likely N-dealkylation sites (tertiary alicyclic amines) is 1. The number of aliphatic hydroxyl groups excluding tert-OH is 1. The first kappa shape index (κ1) is 12.5. The van der Waals surface area contributed by atoms with E-state index in [0.29, 0.717) is 24.3 Å². The van der Waals surface area contributed by atoms with E-state index in [1.807, 2.05) is 0 Å². The van der Waals surface area contributed by atoms with Crippen LogP contribution in [0.2, 0.25) is 0 Å². The largest absolute Gasteiger partial charge is 0.396 e. The molecule has 1 fully saturated rings. The highest BCUT2D eigenvalue weighted by molar-refractivity contribution is 4.91. The topological polar surface area (TPSA) is 62.4 Å². The van der Waals surface area contributed by atoms with E-state index >= 15 is 0 Å². The van der Waals surface area contributed by atoms with Gasteiger partial charge in [-0.2, -0.15) is 4.98 Å². The van der Waals surface area contributed by atoms with Gasteiger partial charge in [-0.05, 0) is 32.7 Å². The molecular formula is C12H21N3O2. The minimum Gasteiger partial charge on any atom is -0.396 e. The quantitative estimate of drug-likeness (QED) is 0.826. The van der Waals surface area contributed by atoms with Crippen molar-refractivity contribution in [3.8, 4) is 0 Å². The van der Waals surface area contributed by atoms with Crippen molar-refractivity contribution in [2.45, 2.75) is 39.2 Å². The maximum absolute atomic E-state index is 8.77. The first-order valence-electron chi connectivity index (χ1n) is 6.35. The maximum atomic E-state index is 8.77. The van der Waals surface area contributed by atoms with Gasteiger partial charge in [-0.1, -0.05) is 5.16 Å². The summed E-state index contributed by atoms with van der Waals surface area (Å²) in [5.74, 6) is 1.96. The van der Waals surface area contributed by atoms with Crippen LogP contribution in [0.4, 0.5) is 0 Å². The third-order valence-electron chi connectivity index (χ3n) is 3.35. The molecule has 5 nitrogen and oxygen atoms in total. The second-order valence-electron chi connectivity index (χ2n) is 5.03. The monoisotopic (exact) mass is 239 g/mol. The molecule has 0 bridgehead atoms. The second kappa shape index (κ2) is 5.60. The molecule has 1 aliphatic heterocycles. The van der Waals surface area contributed by atoms with Gasteiger partial charge in [-0.3, -0.25) is 0 Å². The molecule has 0 aromatic carbocycles. The Morgan fingerprint density at radius 2 is 2.35 bits per heavy atom. The summed E-state index contributed by atoms with van der Waals surface area (Å²) in [6.07, 6.45) is 2.55. The fraction of sp³-hybridized carbons (Fsp3) is 0.833. The van der Waals surface area contributed by atoms with Crippen molar-refractivity contribution in [1.82, 2.24) is 15.0 Å². The van der Waals surface area contributed by atoms with Gasteiger partial charge in [0.1, 0.15) is 0 Å². The molecule has 1 aromatic heterocycles. The SMILES string of the molecule is CC(C)N1CCC(Cc2noc(CCO)n2)C1. The fourth-order valence-corrected chi connectivity index (χ4v) is 2.33. The Morgan fingerprint density at radius 3 is 3.00 bits per heavy atom. The molecule has 1 unspecified atom stereocenters. The number of aromatic nitrogens is 2. The van der Waals surface area contributed by atoms with Gasteiger partial charge in [0.2, 0.25) is 5.89 Å². The molecule has 96 valence electrons. The standard InChI is InChI=1S/C12H21N3O2/c1-9(2)15-5-3-10(8-15)7-11-13-12(4-6-16)17-14-11/h9-10,16H,3-8H2,1-2H3. The molecule has 0 saturated carbocycles. The van der Waals surface area contributed by atoms with Crippen molar-refractivity contribution in [2.24, 2.45) is 5.92 Å². The highest BCUT2D eigenvalue weighted by Gasteiger charge is 2.25. The zero-order valence-electron chi connectivity index (χ0n) is 10.6. The van der Waals surface area contributed by atoms with Crippen LogP contribution in [0.3, 0.4) is 0 Å². The van der Waals surface area contributed by atoms with Gasteiger partial charge in [0.15, 0.2) is 5.82 Å². The van der Waals surface area contributed by atoms with Crippen molar-refractivity contribution in [3.05, 3.63) is 11.7 Å². The lowest BCUT2D eigenvalue weighted by atomic mass is 10.1. The summed E-state index contributed by atoms with van der Waals surface area (Å²) >= 11 is 0. The fourth-order valence-electron chi connectivity index (χ4n) is 2.33. The van der Waals surface area contributed by atoms with E-state index in [2.05, 4.69) is 28.9 Å². The average Bonchev–Trinajstić information content (AvgIpc) is 2.89. The van der Waals surface area contributed by atoms with E-state index in [-0.39, 0.29) is 6.61 Å². The molecule has 1 aliphatic rings. The Morgan fingerprint density at radius 1 is 1.53 bits per heavy atom. The molecule has 0 radical (unpaired) electrons. The number of aliphatic hydroxyl groups is 1. The van der Waals surface area contributed by atoms with Crippen LogP contribution in [-0.2, 0) is 12.8 Å². The summed E-state index contributed by atoms with van der Waals surface area (Å²) in [6.45, 7) is 6.82. The van der Waals surface area contributed by atoms with Crippen LogP contribution < -0.4 is 0 Å². The Labute approximate surface area is 102 Å². The van der Waals surface area contributed by atoms with Gasteiger partial charge in [-0.25, -0.2) is 0 Å². The Balaban J connectivity index is 1.84. The van der Waals surface area contributed by atoms with Gasteiger partial charge in [0.05, 0.1) is 13.0 Å². The first-order valence-corrected chi connectivity index (χ1v) is 6.35. The van der Waals surface area contributed by atoms with E-state index in [9.17, 15) is 0 Å². The smallest absolute Gasteiger partial charge is 0.228 e. The van der Waals surface area contributed by atoms with Crippen molar-refractivity contribution >= 4 is 0 Å². The lowest BCUT2D eigenvalue weighted by Gasteiger charge is -2.19. The number of rotatable bonds is 5. The number of hydrogen-bond acceptors (Lipinski definition) is 5. The van der Waals surface area contributed by atoms with Crippen LogP contribution >= 0.6 is 0 Å². The summed E-state index contributed by atoms with van der Waals surface area (Å²) in [5.41, 5.74) is 0. The summed E-state index contributed by atoms with van der Waals surface area (Å²) in [7, 11) is 0. The van der Waals surface area contributed by atoms with Crippen LogP contribution in [0.15, 0.2) is 4.52 Å². The average molecular weight is 239 g/mol. The molecule has 5 heteroatoms. The van der Waals surface area contributed by atoms with Gasteiger partial charge in [-0.15, -0.1) is 0 Å². The van der Waals surface area contributed by atoms with E-state index < -0.39 is 0 Å². The highest BCUT2D eigenvalue weighted by Crippen LogP contribution is 2.21. The minimum atomic E-state index is 0.0617. The molecule has 2 heterocycles. The van der Waals surface area contributed by atoms with Gasteiger partial charge in [0.25, 0.3) is 0 Å². The summed E-state index contributed by atoms with van der Waals surface area (Å²) in [6, 6.07) is 0.621. The third kappa shape index (κ3) is 3.26. The number of hydrogen-bond donors (Lipinski definition) is 1. The molecule has 1 N–H and O–H groups in total. The predicted octanol–water partition coefficient (Wildman–Crippen LogP) is 0.877. The summed E-state index contributed by atoms with van der Waals surface area (Å²) in [5, 5.41) is 12.7. The van der Waals surface area contributed by atoms with Gasteiger partial charge in [0, 0.05) is 19.0 Å². The lowest BCUT2D eigenvalue weighted by Crippen LogP contribution is -2.28. The Kier molecular flexibility index (Phi) is 4.12. The van der Waals surface area contributed by atoms with E-state index in [4.69, 9.17) is 9.63 Å². The molecule has 1 aromatic rings. The normalized spacial score (nSPS) is 21.5. The predicted molar refractivity (Wildman–Crippen MR) is 63.6 cm³/mol. The zero-order valence-corrected chi connectivity index (χ0v) is 10.6. The van der Waals surface area contributed by atoms with Crippen LogP contribution in [0.5, 0.6) is 0 Å². The molecule has 0 amide bonds. The van der Waals surface area contributed by atoms with E-state index in [0.717, 1.165) is 18.8 Å². The molecule has 17 heavy (non-hydrogen) atoms. The Hall–Kier alpha value is -0.940. The van der Waals surface area contributed by atoms with E-state index in [1.165, 1.54) is 13.0 Å². The van der Waals surface area contributed by atoms with Gasteiger partial charge < -0.3 is 14.5 Å². The first-order chi connectivity index (χ1) is 8.19. The third-order valence-corrected chi connectivity index (χ3v) is 3.35. The Bertz CT molecular complexity index is 351. The van der Waals surface area contributed by atoms with Crippen LogP contribution in [0.25, 0.3) is 0 Å². The molecule has 2 rings (SSSR count). The minimum absolute atomic E-state index is 0.0617. The van der Waals surface area contributed by atoms with Crippen LogP contribution in [0.1, 0.15) is 32.0 Å². The van der Waals surface area contributed by atoms with Crippen LogP contribution in [-0.4, -0.2) is 45.9 Å². The summed E-state index contributed by atoms with van der Waals surface area (Å²) < 4.78 is 5.05. The van der Waals surface area contributed by atoms with Crippen molar-refractivity contribution in [2.75, 3.05) is 19.7 Å². The van der Waals surface area contributed by atoms with Crippen molar-refractivity contribution in [3.63, 3.8) is 0 Å². The van der Waals surface area contributed by atoms with Crippen molar-refractivity contribution < 1.29 is 9.63 Å². The molecule has 1 saturated heterocycles.